The highest BCUT2D eigenvalue weighted by Crippen LogP contribution is 2.33. The van der Waals surface area contributed by atoms with E-state index in [0.29, 0.717) is 0 Å². The molecule has 20 heavy (non-hydrogen) atoms. The van der Waals surface area contributed by atoms with E-state index in [1.165, 1.54) is 16.0 Å². The summed E-state index contributed by atoms with van der Waals surface area (Å²) >= 11 is 1.83. The number of nitrogens with zero attached hydrogens (tertiary/aromatic N) is 1. The van der Waals surface area contributed by atoms with Crippen LogP contribution in [0.2, 0.25) is 0 Å². The minimum Gasteiger partial charge on any atom is -0.439 e. The lowest BCUT2D eigenvalue weighted by atomic mass is 10.0. The predicted octanol–water partition coefficient (Wildman–Crippen LogP) is 3.69. The molecule has 0 saturated heterocycles. The summed E-state index contributed by atoms with van der Waals surface area (Å²) in [5.74, 6) is 0.785. The Bertz CT molecular complexity index is 759. The SMILES string of the molecule is CCc1ccc2oc(C3NCCc4sccc43)nc2c1. The minimum absolute atomic E-state index is 0.0995. The summed E-state index contributed by atoms with van der Waals surface area (Å²) in [4.78, 5) is 6.15. The molecule has 0 amide bonds. The van der Waals surface area contributed by atoms with Crippen LogP contribution < -0.4 is 5.32 Å². The molecule has 0 spiro atoms. The van der Waals surface area contributed by atoms with Crippen LogP contribution in [0.4, 0.5) is 0 Å². The van der Waals surface area contributed by atoms with E-state index >= 15 is 0 Å². The highest BCUT2D eigenvalue weighted by molar-refractivity contribution is 7.10. The number of thiophene rings is 1. The Morgan fingerprint density at radius 1 is 1.40 bits per heavy atom. The van der Waals surface area contributed by atoms with Crippen molar-refractivity contribution < 1.29 is 4.42 Å². The highest BCUT2D eigenvalue weighted by Gasteiger charge is 2.26. The van der Waals surface area contributed by atoms with E-state index in [-0.39, 0.29) is 6.04 Å². The van der Waals surface area contributed by atoms with Crippen molar-refractivity contribution in [2.24, 2.45) is 0 Å². The number of hydrogen-bond acceptors (Lipinski definition) is 4. The van der Waals surface area contributed by atoms with Crippen LogP contribution in [-0.2, 0) is 12.8 Å². The zero-order valence-electron chi connectivity index (χ0n) is 11.3. The Kier molecular flexibility index (Phi) is 2.86. The predicted molar refractivity (Wildman–Crippen MR) is 81.3 cm³/mol. The average Bonchev–Trinajstić information content (AvgIpc) is 3.12. The molecule has 2 aromatic heterocycles. The van der Waals surface area contributed by atoms with Crippen LogP contribution in [0, 0.1) is 0 Å². The molecule has 1 atom stereocenters. The van der Waals surface area contributed by atoms with Gasteiger partial charge in [0.2, 0.25) is 5.89 Å². The van der Waals surface area contributed by atoms with Gasteiger partial charge in [0.15, 0.2) is 5.58 Å². The maximum absolute atomic E-state index is 5.96. The van der Waals surface area contributed by atoms with Gasteiger partial charge in [-0.15, -0.1) is 11.3 Å². The lowest BCUT2D eigenvalue weighted by molar-refractivity contribution is 0.442. The van der Waals surface area contributed by atoms with Crippen LogP contribution in [-0.4, -0.2) is 11.5 Å². The van der Waals surface area contributed by atoms with Crippen LogP contribution in [0.5, 0.6) is 0 Å². The van der Waals surface area contributed by atoms with Gasteiger partial charge >= 0.3 is 0 Å². The summed E-state index contributed by atoms with van der Waals surface area (Å²) in [6.45, 7) is 3.14. The van der Waals surface area contributed by atoms with E-state index in [1.807, 2.05) is 17.4 Å². The fourth-order valence-corrected chi connectivity index (χ4v) is 3.73. The maximum atomic E-state index is 5.96. The van der Waals surface area contributed by atoms with Gasteiger partial charge in [-0.3, -0.25) is 0 Å². The molecule has 1 N–H and O–H groups in total. The number of hydrogen-bond donors (Lipinski definition) is 1. The molecule has 0 saturated carbocycles. The number of aromatic nitrogens is 1. The molecule has 0 fully saturated rings. The van der Waals surface area contributed by atoms with E-state index in [1.54, 1.807) is 0 Å². The lowest BCUT2D eigenvalue weighted by Gasteiger charge is -2.21. The van der Waals surface area contributed by atoms with E-state index in [0.717, 1.165) is 36.4 Å². The molecular weight excluding hydrogens is 268 g/mol. The Balaban J connectivity index is 1.80. The second kappa shape index (κ2) is 4.72. The third kappa shape index (κ3) is 1.87. The Morgan fingerprint density at radius 3 is 3.25 bits per heavy atom. The highest BCUT2D eigenvalue weighted by atomic mass is 32.1. The van der Waals surface area contributed by atoms with Gasteiger partial charge in [-0.05, 0) is 47.5 Å². The lowest BCUT2D eigenvalue weighted by Crippen LogP contribution is -2.29. The summed E-state index contributed by atoms with van der Waals surface area (Å²) in [6, 6.07) is 8.55. The standard InChI is InChI=1S/C16H16N2OS/c1-2-10-3-4-13-12(9-10)18-16(19-13)15-11-6-8-20-14(11)5-7-17-15/h3-4,6,8-9,15,17H,2,5,7H2,1H3. The number of oxazole rings is 1. The summed E-state index contributed by atoms with van der Waals surface area (Å²) < 4.78 is 5.96. The number of benzene rings is 1. The Hall–Kier alpha value is -1.65. The summed E-state index contributed by atoms with van der Waals surface area (Å²) in [5, 5.41) is 5.67. The van der Waals surface area contributed by atoms with Crippen molar-refractivity contribution in [3.8, 4) is 0 Å². The van der Waals surface area contributed by atoms with Gasteiger partial charge in [-0.2, -0.15) is 0 Å². The molecular formula is C16H16N2OS. The molecule has 3 aromatic rings. The molecule has 1 aliphatic heterocycles. The largest absolute Gasteiger partial charge is 0.439 e. The first kappa shape index (κ1) is 12.1. The fraction of sp³-hybridized carbons (Fsp3) is 0.312. The fourth-order valence-electron chi connectivity index (χ4n) is 2.81. The molecule has 0 aliphatic carbocycles. The molecule has 1 aromatic carbocycles. The van der Waals surface area contributed by atoms with Gasteiger partial charge in [0.1, 0.15) is 11.6 Å². The van der Waals surface area contributed by atoms with Crippen LogP contribution in [0.15, 0.2) is 34.1 Å². The zero-order chi connectivity index (χ0) is 13.5. The van der Waals surface area contributed by atoms with Gasteiger partial charge in [0, 0.05) is 11.4 Å². The Labute approximate surface area is 121 Å². The molecule has 3 nitrogen and oxygen atoms in total. The van der Waals surface area contributed by atoms with Crippen LogP contribution in [0.1, 0.15) is 34.9 Å². The number of aryl methyl sites for hydroxylation is 1. The first-order valence-electron chi connectivity index (χ1n) is 7.04. The average molecular weight is 284 g/mol. The van der Waals surface area contributed by atoms with E-state index in [4.69, 9.17) is 9.40 Å². The van der Waals surface area contributed by atoms with Crippen LogP contribution in [0.25, 0.3) is 11.1 Å². The van der Waals surface area contributed by atoms with Crippen molar-refractivity contribution in [2.45, 2.75) is 25.8 Å². The molecule has 4 rings (SSSR count). The maximum Gasteiger partial charge on any atom is 0.217 e. The smallest absolute Gasteiger partial charge is 0.217 e. The van der Waals surface area contributed by atoms with E-state index < -0.39 is 0 Å². The van der Waals surface area contributed by atoms with E-state index in [2.05, 4.69) is 35.8 Å². The summed E-state index contributed by atoms with van der Waals surface area (Å²) in [7, 11) is 0. The number of rotatable bonds is 2. The normalized spacial score (nSPS) is 18.4. The van der Waals surface area contributed by atoms with Crippen molar-refractivity contribution in [3.05, 3.63) is 51.5 Å². The van der Waals surface area contributed by atoms with Crippen molar-refractivity contribution in [1.82, 2.24) is 10.3 Å². The third-order valence-electron chi connectivity index (χ3n) is 3.92. The summed E-state index contributed by atoms with van der Waals surface area (Å²) in [5.41, 5.74) is 4.46. The zero-order valence-corrected chi connectivity index (χ0v) is 12.2. The molecule has 102 valence electrons. The van der Waals surface area contributed by atoms with Crippen molar-refractivity contribution >= 4 is 22.4 Å². The van der Waals surface area contributed by atoms with Gasteiger partial charge in [-0.1, -0.05) is 13.0 Å². The molecule has 0 bridgehead atoms. The van der Waals surface area contributed by atoms with Crippen LogP contribution in [0.3, 0.4) is 0 Å². The molecule has 1 aliphatic rings. The van der Waals surface area contributed by atoms with Crippen LogP contribution >= 0.6 is 11.3 Å². The second-order valence-electron chi connectivity index (χ2n) is 5.14. The molecule has 0 radical (unpaired) electrons. The van der Waals surface area contributed by atoms with Crippen molar-refractivity contribution in [1.29, 1.82) is 0 Å². The van der Waals surface area contributed by atoms with Crippen molar-refractivity contribution in [2.75, 3.05) is 6.54 Å². The van der Waals surface area contributed by atoms with Gasteiger partial charge < -0.3 is 9.73 Å². The molecule has 1 unspecified atom stereocenters. The number of nitrogens with one attached hydrogen (secondary N) is 1. The van der Waals surface area contributed by atoms with Gasteiger partial charge in [-0.25, -0.2) is 4.98 Å². The van der Waals surface area contributed by atoms with Gasteiger partial charge in [0.05, 0.1) is 0 Å². The first-order chi connectivity index (χ1) is 9.85. The monoisotopic (exact) mass is 284 g/mol. The Morgan fingerprint density at radius 2 is 2.35 bits per heavy atom. The third-order valence-corrected chi connectivity index (χ3v) is 4.91. The topological polar surface area (TPSA) is 38.1 Å². The summed E-state index contributed by atoms with van der Waals surface area (Å²) in [6.07, 6.45) is 2.12. The van der Waals surface area contributed by atoms with Gasteiger partial charge in [0.25, 0.3) is 0 Å². The first-order valence-corrected chi connectivity index (χ1v) is 7.92. The van der Waals surface area contributed by atoms with Crippen molar-refractivity contribution in [3.63, 3.8) is 0 Å². The second-order valence-corrected chi connectivity index (χ2v) is 6.14. The molecule has 4 heteroatoms. The number of fused-ring (bicyclic) bond motifs is 2. The van der Waals surface area contributed by atoms with E-state index in [9.17, 15) is 0 Å². The molecule has 3 heterocycles. The minimum atomic E-state index is 0.0995. The quantitative estimate of drug-likeness (QED) is 0.780.